The first-order valence-corrected chi connectivity index (χ1v) is 7.46. The van der Waals surface area contributed by atoms with Crippen LogP contribution >= 0.6 is 0 Å². The van der Waals surface area contributed by atoms with Gasteiger partial charge in [-0.15, -0.1) is 0 Å². The van der Waals surface area contributed by atoms with Crippen LogP contribution in [-0.4, -0.2) is 15.5 Å². The molecule has 4 nitrogen and oxygen atoms in total. The van der Waals surface area contributed by atoms with Crippen LogP contribution in [0.3, 0.4) is 0 Å². The molecule has 2 heterocycles. The number of carbonyl (C=O) groups excluding carboxylic acids is 1. The lowest BCUT2D eigenvalue weighted by molar-refractivity contribution is 0.0935. The van der Waals surface area contributed by atoms with Gasteiger partial charge in [-0.1, -0.05) is 13.0 Å². The number of amides is 1. The Hall–Kier alpha value is -2.10. The summed E-state index contributed by atoms with van der Waals surface area (Å²) in [4.78, 5) is 16.7. The topological polar surface area (TPSA) is 46.9 Å². The van der Waals surface area contributed by atoms with Crippen molar-refractivity contribution in [2.45, 2.75) is 46.7 Å². The van der Waals surface area contributed by atoms with Crippen LogP contribution in [0.25, 0.3) is 0 Å². The molecule has 0 fully saturated rings. The summed E-state index contributed by atoms with van der Waals surface area (Å²) in [6.45, 7) is 9.06. The Morgan fingerprint density at radius 2 is 2.14 bits per heavy atom. The predicted octanol–water partition coefficient (Wildman–Crippen LogP) is 3.40. The molecule has 0 saturated heterocycles. The molecule has 1 amide bonds. The minimum atomic E-state index is -0.0153. The number of nitrogens with zero attached hydrogens (tertiary/aromatic N) is 2. The van der Waals surface area contributed by atoms with E-state index in [9.17, 15) is 4.79 Å². The Morgan fingerprint density at radius 1 is 1.38 bits per heavy atom. The van der Waals surface area contributed by atoms with Crippen LogP contribution < -0.4 is 5.32 Å². The number of carbonyl (C=O) groups is 1. The van der Waals surface area contributed by atoms with Crippen LogP contribution in [0, 0.1) is 13.8 Å². The van der Waals surface area contributed by atoms with Crippen LogP contribution in [-0.2, 0) is 6.54 Å². The maximum Gasteiger partial charge on any atom is 0.253 e. The normalized spacial score (nSPS) is 12.2. The Morgan fingerprint density at radius 3 is 2.67 bits per heavy atom. The van der Waals surface area contributed by atoms with E-state index in [2.05, 4.69) is 28.7 Å². The van der Waals surface area contributed by atoms with Crippen LogP contribution in [0.1, 0.15) is 53.6 Å². The lowest BCUT2D eigenvalue weighted by atomic mass is 10.1. The van der Waals surface area contributed by atoms with Crippen LogP contribution in [0.4, 0.5) is 0 Å². The summed E-state index contributed by atoms with van der Waals surface area (Å²) in [6, 6.07) is 5.85. The summed E-state index contributed by atoms with van der Waals surface area (Å²) in [5.74, 6) is -0.0153. The SMILES string of the molecule is CC[C@H](NC(=O)c1cc(C)n(CC)c1C)c1cccnc1. The van der Waals surface area contributed by atoms with E-state index in [1.54, 1.807) is 6.20 Å². The third kappa shape index (κ3) is 3.15. The monoisotopic (exact) mass is 285 g/mol. The smallest absolute Gasteiger partial charge is 0.253 e. The summed E-state index contributed by atoms with van der Waals surface area (Å²) >= 11 is 0. The maximum atomic E-state index is 12.5. The molecule has 21 heavy (non-hydrogen) atoms. The fourth-order valence-electron chi connectivity index (χ4n) is 2.76. The predicted molar refractivity (Wildman–Crippen MR) is 84.3 cm³/mol. The van der Waals surface area contributed by atoms with Crippen molar-refractivity contribution in [3.8, 4) is 0 Å². The van der Waals surface area contributed by atoms with E-state index in [4.69, 9.17) is 0 Å². The van der Waals surface area contributed by atoms with Crippen molar-refractivity contribution < 1.29 is 4.79 Å². The van der Waals surface area contributed by atoms with Crippen molar-refractivity contribution in [2.75, 3.05) is 0 Å². The van der Waals surface area contributed by atoms with Gasteiger partial charge < -0.3 is 9.88 Å². The van der Waals surface area contributed by atoms with Gasteiger partial charge in [-0.2, -0.15) is 0 Å². The number of rotatable bonds is 5. The molecule has 0 aromatic carbocycles. The first-order chi connectivity index (χ1) is 10.1. The first kappa shape index (κ1) is 15.3. The molecule has 0 saturated carbocycles. The Bertz CT molecular complexity index is 616. The van der Waals surface area contributed by atoms with Gasteiger partial charge in [-0.05, 0) is 44.9 Å². The molecule has 0 bridgehead atoms. The van der Waals surface area contributed by atoms with Crippen molar-refractivity contribution in [3.05, 3.63) is 53.1 Å². The summed E-state index contributed by atoms with van der Waals surface area (Å²) in [6.07, 6.45) is 4.39. The van der Waals surface area contributed by atoms with Gasteiger partial charge in [-0.3, -0.25) is 9.78 Å². The summed E-state index contributed by atoms with van der Waals surface area (Å²) in [5.41, 5.74) is 3.94. The molecule has 1 atom stereocenters. The summed E-state index contributed by atoms with van der Waals surface area (Å²) in [7, 11) is 0. The average molecular weight is 285 g/mol. The average Bonchev–Trinajstić information content (AvgIpc) is 2.79. The van der Waals surface area contributed by atoms with Gasteiger partial charge >= 0.3 is 0 Å². The highest BCUT2D eigenvalue weighted by atomic mass is 16.1. The van der Waals surface area contributed by atoms with Crippen molar-refractivity contribution in [1.82, 2.24) is 14.9 Å². The van der Waals surface area contributed by atoms with Crippen molar-refractivity contribution in [1.29, 1.82) is 0 Å². The van der Waals surface area contributed by atoms with E-state index < -0.39 is 0 Å². The number of hydrogen-bond donors (Lipinski definition) is 1. The molecule has 0 aliphatic carbocycles. The standard InChI is InChI=1S/C17H23N3O/c1-5-16(14-8-7-9-18-11-14)19-17(21)15-10-12(3)20(6-2)13(15)4/h7-11,16H,5-6H2,1-4H3,(H,19,21)/t16-/m0/s1. The lowest BCUT2D eigenvalue weighted by Crippen LogP contribution is -2.28. The minimum absolute atomic E-state index is 0.00381. The van der Waals surface area contributed by atoms with Gasteiger partial charge in [0.15, 0.2) is 0 Å². The van der Waals surface area contributed by atoms with Gasteiger partial charge in [-0.25, -0.2) is 0 Å². The molecule has 0 aliphatic rings. The highest BCUT2D eigenvalue weighted by Gasteiger charge is 2.18. The second-order valence-electron chi connectivity index (χ2n) is 5.25. The summed E-state index contributed by atoms with van der Waals surface area (Å²) in [5, 5.41) is 3.11. The molecular weight excluding hydrogens is 262 g/mol. The van der Waals surface area contributed by atoms with E-state index in [0.717, 1.165) is 35.5 Å². The molecule has 0 unspecified atom stereocenters. The highest BCUT2D eigenvalue weighted by molar-refractivity contribution is 5.96. The number of nitrogens with one attached hydrogen (secondary N) is 1. The fourth-order valence-corrected chi connectivity index (χ4v) is 2.76. The quantitative estimate of drug-likeness (QED) is 0.915. The largest absolute Gasteiger partial charge is 0.349 e. The molecular formula is C17H23N3O. The van der Waals surface area contributed by atoms with E-state index in [1.807, 2.05) is 38.2 Å². The van der Waals surface area contributed by atoms with Crippen LogP contribution in [0.5, 0.6) is 0 Å². The third-order valence-corrected chi connectivity index (χ3v) is 3.93. The fraction of sp³-hybridized carbons (Fsp3) is 0.412. The van der Waals surface area contributed by atoms with Gasteiger partial charge in [0.2, 0.25) is 0 Å². The minimum Gasteiger partial charge on any atom is -0.349 e. The molecule has 112 valence electrons. The number of hydrogen-bond acceptors (Lipinski definition) is 2. The zero-order chi connectivity index (χ0) is 15.4. The zero-order valence-corrected chi connectivity index (χ0v) is 13.2. The van der Waals surface area contributed by atoms with Gasteiger partial charge in [0.1, 0.15) is 0 Å². The zero-order valence-electron chi connectivity index (χ0n) is 13.2. The van der Waals surface area contributed by atoms with E-state index in [-0.39, 0.29) is 11.9 Å². The molecule has 2 aromatic rings. The summed E-state index contributed by atoms with van der Waals surface area (Å²) < 4.78 is 2.15. The van der Waals surface area contributed by atoms with Crippen LogP contribution in [0.15, 0.2) is 30.6 Å². The highest BCUT2D eigenvalue weighted by Crippen LogP contribution is 2.19. The van der Waals surface area contributed by atoms with Crippen LogP contribution in [0.2, 0.25) is 0 Å². The Labute approximate surface area is 126 Å². The number of aryl methyl sites for hydroxylation is 1. The first-order valence-electron chi connectivity index (χ1n) is 7.46. The number of aromatic nitrogens is 2. The number of pyridine rings is 1. The molecule has 2 aromatic heterocycles. The molecule has 0 spiro atoms. The van der Waals surface area contributed by atoms with Crippen molar-refractivity contribution in [2.24, 2.45) is 0 Å². The van der Waals surface area contributed by atoms with E-state index >= 15 is 0 Å². The molecule has 0 radical (unpaired) electrons. The molecule has 0 aliphatic heterocycles. The van der Waals surface area contributed by atoms with Gasteiger partial charge in [0.05, 0.1) is 11.6 Å². The van der Waals surface area contributed by atoms with E-state index in [1.165, 1.54) is 0 Å². The second kappa shape index (κ2) is 6.57. The molecule has 1 N–H and O–H groups in total. The Kier molecular flexibility index (Phi) is 4.78. The van der Waals surface area contributed by atoms with Crippen molar-refractivity contribution in [3.63, 3.8) is 0 Å². The van der Waals surface area contributed by atoms with Crippen molar-refractivity contribution >= 4 is 5.91 Å². The van der Waals surface area contributed by atoms with E-state index in [0.29, 0.717) is 0 Å². The maximum absolute atomic E-state index is 12.5. The molecule has 4 heteroatoms. The second-order valence-corrected chi connectivity index (χ2v) is 5.25. The third-order valence-electron chi connectivity index (χ3n) is 3.93. The Balaban J connectivity index is 2.21. The van der Waals surface area contributed by atoms with Gasteiger partial charge in [0, 0.05) is 30.3 Å². The lowest BCUT2D eigenvalue weighted by Gasteiger charge is -2.17. The molecule has 2 rings (SSSR count). The van der Waals surface area contributed by atoms with Gasteiger partial charge in [0.25, 0.3) is 5.91 Å².